The zero-order chi connectivity index (χ0) is 20.3. The topological polar surface area (TPSA) is 140 Å². The maximum Gasteiger partial charge on any atom is 0.349 e. The van der Waals surface area contributed by atoms with E-state index in [1.54, 1.807) is 12.1 Å². The third-order valence-electron chi connectivity index (χ3n) is 3.58. The van der Waals surface area contributed by atoms with Gasteiger partial charge in [-0.2, -0.15) is 0 Å². The Morgan fingerprint density at radius 3 is 2.14 bits per heavy atom. The second-order valence-corrected chi connectivity index (χ2v) is 5.57. The van der Waals surface area contributed by atoms with Crippen LogP contribution in [-0.4, -0.2) is 34.7 Å². The van der Waals surface area contributed by atoms with Crippen molar-refractivity contribution in [3.05, 3.63) is 70.1 Å². The smallest absolute Gasteiger partial charge is 0.349 e. The highest BCUT2D eigenvalue weighted by Gasteiger charge is 2.14. The van der Waals surface area contributed by atoms with E-state index in [9.17, 15) is 19.2 Å². The van der Waals surface area contributed by atoms with Crippen LogP contribution in [-0.2, 0) is 4.79 Å². The van der Waals surface area contributed by atoms with Crippen LogP contribution in [0.15, 0.2) is 57.7 Å². The number of carboxylic acid groups (broad SMARTS) is 2. The summed E-state index contributed by atoms with van der Waals surface area (Å²) in [6.07, 6.45) is 0. The summed E-state index contributed by atoms with van der Waals surface area (Å²) in [7, 11) is 0. The molecule has 0 radical (unpaired) electrons. The Bertz CT molecular complexity index is 1110. The van der Waals surface area contributed by atoms with E-state index in [1.807, 2.05) is 0 Å². The quantitative estimate of drug-likeness (QED) is 0.371. The summed E-state index contributed by atoms with van der Waals surface area (Å²) in [5, 5.41) is 18.7. The monoisotopic (exact) mass is 384 g/mol. The zero-order valence-electron chi connectivity index (χ0n) is 14.1. The van der Waals surface area contributed by atoms with Crippen LogP contribution < -0.4 is 15.1 Å². The zero-order valence-corrected chi connectivity index (χ0v) is 14.1. The molecule has 0 aliphatic heterocycles. The van der Waals surface area contributed by atoms with E-state index < -0.39 is 30.1 Å². The Balaban J connectivity index is 1.71. The van der Waals surface area contributed by atoms with Gasteiger partial charge in [0.2, 0.25) is 0 Å². The molecule has 0 amide bonds. The van der Waals surface area contributed by atoms with Crippen molar-refractivity contribution in [2.24, 2.45) is 0 Å². The number of hydrogen-bond acceptors (Lipinski definition) is 7. The molecular weight excluding hydrogens is 372 g/mol. The minimum Gasteiger partial charge on any atom is -0.482 e. The van der Waals surface area contributed by atoms with Crippen molar-refractivity contribution in [1.82, 2.24) is 0 Å². The molecule has 0 spiro atoms. The number of carbonyl (C=O) groups excluding carboxylic acids is 1. The van der Waals surface area contributed by atoms with Crippen molar-refractivity contribution in [3.8, 4) is 11.5 Å². The van der Waals surface area contributed by atoms with Gasteiger partial charge in [0.1, 0.15) is 17.1 Å². The van der Waals surface area contributed by atoms with E-state index in [4.69, 9.17) is 24.1 Å². The minimum absolute atomic E-state index is 0.112. The van der Waals surface area contributed by atoms with E-state index in [1.165, 1.54) is 18.2 Å². The highest BCUT2D eigenvalue weighted by molar-refractivity contribution is 5.94. The van der Waals surface area contributed by atoms with Gasteiger partial charge in [0.25, 0.3) is 0 Å². The first-order valence-electron chi connectivity index (χ1n) is 7.81. The molecule has 9 heteroatoms. The summed E-state index contributed by atoms with van der Waals surface area (Å²) in [5.74, 6) is -3.50. The third kappa shape index (κ3) is 4.33. The van der Waals surface area contributed by atoms with Gasteiger partial charge in [0.05, 0.1) is 11.1 Å². The molecule has 0 bridgehead atoms. The van der Waals surface area contributed by atoms with Crippen LogP contribution in [0.4, 0.5) is 0 Å². The maximum atomic E-state index is 12.0. The van der Waals surface area contributed by atoms with E-state index >= 15 is 0 Å². The summed E-state index contributed by atoms with van der Waals surface area (Å²) >= 11 is 0. The molecule has 9 nitrogen and oxygen atoms in total. The fraction of sp³-hybridized carbons (Fsp3) is 0.0526. The normalized spacial score (nSPS) is 10.4. The first kappa shape index (κ1) is 18.6. The lowest BCUT2D eigenvalue weighted by Crippen LogP contribution is -2.18. The molecule has 1 heterocycles. The predicted molar refractivity (Wildman–Crippen MR) is 94.0 cm³/mol. The highest BCUT2D eigenvalue weighted by atomic mass is 16.6. The standard InChI is InChI=1S/C19H12O9/c20-16-4-2-10-1-3-13(8-15(10)28-16)27-17(21)9-26-14-6-11(18(22)23)5-12(7-14)19(24)25/h1-8H,9H2,(H,22,23)(H,24,25). The van der Waals surface area contributed by atoms with E-state index in [0.717, 1.165) is 18.2 Å². The third-order valence-corrected chi connectivity index (χ3v) is 3.58. The van der Waals surface area contributed by atoms with Crippen LogP contribution in [0, 0.1) is 0 Å². The van der Waals surface area contributed by atoms with Gasteiger partial charge in [0, 0.05) is 17.5 Å². The van der Waals surface area contributed by atoms with Gasteiger partial charge in [-0.1, -0.05) is 0 Å². The molecule has 3 aromatic rings. The van der Waals surface area contributed by atoms with E-state index in [-0.39, 0.29) is 28.2 Å². The molecule has 0 saturated carbocycles. The SMILES string of the molecule is O=C(COc1cc(C(=O)O)cc(C(=O)O)c1)Oc1ccc2ccc(=O)oc2c1. The van der Waals surface area contributed by atoms with Gasteiger partial charge in [-0.15, -0.1) is 0 Å². The number of hydrogen-bond donors (Lipinski definition) is 2. The lowest BCUT2D eigenvalue weighted by atomic mass is 10.1. The number of carboxylic acids is 2. The molecule has 0 aliphatic carbocycles. The first-order chi connectivity index (χ1) is 13.3. The average Bonchev–Trinajstić information content (AvgIpc) is 2.65. The molecule has 0 atom stereocenters. The largest absolute Gasteiger partial charge is 0.482 e. The Hall–Kier alpha value is -4.14. The molecule has 142 valence electrons. The second kappa shape index (κ2) is 7.62. The Kier molecular flexibility index (Phi) is 5.07. The molecule has 0 unspecified atom stereocenters. The summed E-state index contributed by atoms with van der Waals surface area (Å²) in [6.45, 7) is -0.598. The highest BCUT2D eigenvalue weighted by Crippen LogP contribution is 2.20. The Morgan fingerprint density at radius 2 is 1.50 bits per heavy atom. The average molecular weight is 384 g/mol. The van der Waals surface area contributed by atoms with Gasteiger partial charge in [-0.3, -0.25) is 0 Å². The lowest BCUT2D eigenvalue weighted by molar-refractivity contribution is -0.136. The van der Waals surface area contributed by atoms with Crippen molar-refractivity contribution < 1.29 is 38.5 Å². The van der Waals surface area contributed by atoms with Crippen LogP contribution in [0.5, 0.6) is 11.5 Å². The summed E-state index contributed by atoms with van der Waals surface area (Å²) in [4.78, 5) is 45.3. The molecule has 1 aromatic heterocycles. The Labute approximate surface area is 156 Å². The van der Waals surface area contributed by atoms with Gasteiger partial charge in [-0.25, -0.2) is 19.2 Å². The molecule has 2 N–H and O–H groups in total. The molecule has 28 heavy (non-hydrogen) atoms. The van der Waals surface area contributed by atoms with E-state index in [0.29, 0.717) is 5.39 Å². The van der Waals surface area contributed by atoms with Gasteiger partial charge >= 0.3 is 23.5 Å². The van der Waals surface area contributed by atoms with Crippen LogP contribution in [0.3, 0.4) is 0 Å². The molecule has 0 fully saturated rings. The number of rotatable bonds is 6. The molecule has 0 saturated heterocycles. The van der Waals surface area contributed by atoms with E-state index in [2.05, 4.69) is 0 Å². The van der Waals surface area contributed by atoms with Crippen LogP contribution in [0.25, 0.3) is 11.0 Å². The number of benzene rings is 2. The first-order valence-corrected chi connectivity index (χ1v) is 7.81. The molecular formula is C19H12O9. The van der Waals surface area contributed by atoms with Gasteiger partial charge in [-0.05, 0) is 36.4 Å². The molecule has 3 rings (SSSR count). The maximum absolute atomic E-state index is 12.0. The summed E-state index contributed by atoms with van der Waals surface area (Å²) < 4.78 is 15.2. The fourth-order valence-electron chi connectivity index (χ4n) is 2.34. The lowest BCUT2D eigenvalue weighted by Gasteiger charge is -2.09. The van der Waals surface area contributed by atoms with Crippen LogP contribution in [0.1, 0.15) is 20.7 Å². The number of ether oxygens (including phenoxy) is 2. The number of fused-ring (bicyclic) bond motifs is 1. The summed E-state index contributed by atoms with van der Waals surface area (Å²) in [5.41, 5.74) is -0.911. The van der Waals surface area contributed by atoms with Crippen molar-refractivity contribution in [2.75, 3.05) is 6.61 Å². The van der Waals surface area contributed by atoms with Crippen molar-refractivity contribution in [3.63, 3.8) is 0 Å². The van der Waals surface area contributed by atoms with Crippen molar-refractivity contribution >= 4 is 28.9 Å². The van der Waals surface area contributed by atoms with Gasteiger partial charge < -0.3 is 24.1 Å². The summed E-state index contributed by atoms with van der Waals surface area (Å²) in [6, 6.07) is 10.4. The fourth-order valence-corrected chi connectivity index (χ4v) is 2.34. The number of carbonyl (C=O) groups is 3. The number of aromatic carboxylic acids is 2. The second-order valence-electron chi connectivity index (χ2n) is 5.57. The Morgan fingerprint density at radius 1 is 0.857 bits per heavy atom. The van der Waals surface area contributed by atoms with Crippen LogP contribution in [0.2, 0.25) is 0 Å². The minimum atomic E-state index is -1.34. The molecule has 2 aromatic carbocycles. The molecule has 0 aliphatic rings. The van der Waals surface area contributed by atoms with Crippen LogP contribution >= 0.6 is 0 Å². The number of esters is 1. The van der Waals surface area contributed by atoms with Crippen molar-refractivity contribution in [1.29, 1.82) is 0 Å². The predicted octanol–water partition coefficient (Wildman–Crippen LogP) is 2.17. The van der Waals surface area contributed by atoms with Crippen molar-refractivity contribution in [2.45, 2.75) is 0 Å². The van der Waals surface area contributed by atoms with Gasteiger partial charge in [0.15, 0.2) is 6.61 Å².